The Kier molecular flexibility index (Phi) is 4.18. The Morgan fingerprint density at radius 1 is 1.31 bits per heavy atom. The van der Waals surface area contributed by atoms with Crippen LogP contribution in [0.3, 0.4) is 0 Å². The standard InChI is InChI=1S/C21H25N5O2S/c1-14-13-28-11-10-26(14)19-12-18(21(7-8-21)29(2,22)27)24-20(25-19)16-4-3-5-17-15(16)6-9-23-17/h3-6,9,12,14,22-23H,7-8,10-11,13H2,1-2H3/t14-,29+/m1/s1. The average Bonchev–Trinajstić information content (AvgIpc) is 3.39. The number of hydrogen-bond donors (Lipinski definition) is 2. The van der Waals surface area contributed by atoms with E-state index in [0.29, 0.717) is 19.0 Å². The zero-order valence-corrected chi connectivity index (χ0v) is 17.5. The Labute approximate surface area is 170 Å². The van der Waals surface area contributed by atoms with Crippen LogP contribution in [-0.4, -0.2) is 51.2 Å². The van der Waals surface area contributed by atoms with E-state index in [2.05, 4.69) is 16.8 Å². The van der Waals surface area contributed by atoms with Gasteiger partial charge in [0.1, 0.15) is 5.82 Å². The van der Waals surface area contributed by atoms with Crippen molar-refractivity contribution in [2.24, 2.45) is 0 Å². The molecule has 3 aromatic rings. The smallest absolute Gasteiger partial charge is 0.162 e. The van der Waals surface area contributed by atoms with Crippen LogP contribution in [0.5, 0.6) is 0 Å². The van der Waals surface area contributed by atoms with Crippen molar-refractivity contribution in [1.29, 1.82) is 4.78 Å². The molecule has 8 heteroatoms. The third-order valence-corrected chi connectivity index (χ3v) is 8.24. The number of anilines is 1. The first-order valence-corrected chi connectivity index (χ1v) is 11.9. The van der Waals surface area contributed by atoms with Gasteiger partial charge in [0.05, 0.1) is 39.4 Å². The van der Waals surface area contributed by atoms with Crippen molar-refractivity contribution in [3.8, 4) is 11.4 Å². The van der Waals surface area contributed by atoms with Crippen molar-refractivity contribution in [2.45, 2.75) is 30.6 Å². The fourth-order valence-electron chi connectivity index (χ4n) is 4.24. The molecule has 3 heterocycles. The lowest BCUT2D eigenvalue weighted by Crippen LogP contribution is -2.44. The SMILES string of the molecule is C[C@@H]1COCCN1c1cc(C2([S@@](C)(=N)=O)CC2)nc(-c2cccc3[nH]ccc23)n1. The van der Waals surface area contributed by atoms with Gasteiger partial charge in [-0.3, -0.25) is 4.78 Å². The molecule has 1 saturated heterocycles. The lowest BCUT2D eigenvalue weighted by molar-refractivity contribution is 0.0985. The number of aromatic amines is 1. The Morgan fingerprint density at radius 3 is 2.86 bits per heavy atom. The van der Waals surface area contributed by atoms with Gasteiger partial charge in [-0.05, 0) is 31.9 Å². The summed E-state index contributed by atoms with van der Waals surface area (Å²) in [5, 5.41) is 1.05. The summed E-state index contributed by atoms with van der Waals surface area (Å²) in [6, 6.07) is 10.2. The highest BCUT2D eigenvalue weighted by Crippen LogP contribution is 2.52. The molecule has 0 radical (unpaired) electrons. The average molecular weight is 412 g/mol. The van der Waals surface area contributed by atoms with Gasteiger partial charge in [-0.25, -0.2) is 14.2 Å². The van der Waals surface area contributed by atoms with Crippen molar-refractivity contribution in [3.05, 3.63) is 42.2 Å². The summed E-state index contributed by atoms with van der Waals surface area (Å²) in [7, 11) is -2.78. The molecule has 7 nitrogen and oxygen atoms in total. The molecule has 2 atom stereocenters. The lowest BCUT2D eigenvalue weighted by atomic mass is 10.1. The highest BCUT2D eigenvalue weighted by atomic mass is 32.2. The summed E-state index contributed by atoms with van der Waals surface area (Å²) in [6.07, 6.45) is 4.91. The number of rotatable bonds is 4. The molecular formula is C21H25N5O2S. The number of fused-ring (bicyclic) bond motifs is 1. The Bertz CT molecular complexity index is 1180. The summed E-state index contributed by atoms with van der Waals surface area (Å²) >= 11 is 0. The van der Waals surface area contributed by atoms with E-state index in [9.17, 15) is 4.21 Å². The molecule has 2 fully saturated rings. The fraction of sp³-hybridized carbons (Fsp3) is 0.429. The van der Waals surface area contributed by atoms with Crippen LogP contribution in [0.1, 0.15) is 25.5 Å². The van der Waals surface area contributed by atoms with Gasteiger partial charge in [-0.15, -0.1) is 0 Å². The van der Waals surface area contributed by atoms with Crippen LogP contribution in [0.15, 0.2) is 36.5 Å². The van der Waals surface area contributed by atoms with Gasteiger partial charge in [-0.2, -0.15) is 0 Å². The molecule has 1 aliphatic heterocycles. The quantitative estimate of drug-likeness (QED) is 0.685. The van der Waals surface area contributed by atoms with Gasteiger partial charge < -0.3 is 14.6 Å². The number of hydrogen-bond acceptors (Lipinski definition) is 6. The second-order valence-corrected chi connectivity index (χ2v) is 10.6. The van der Waals surface area contributed by atoms with E-state index in [1.807, 2.05) is 36.5 Å². The first kappa shape index (κ1) is 18.6. The highest BCUT2D eigenvalue weighted by Gasteiger charge is 2.53. The molecule has 1 saturated carbocycles. The van der Waals surface area contributed by atoms with Gasteiger partial charge in [0.25, 0.3) is 0 Å². The molecule has 2 aromatic heterocycles. The molecule has 0 unspecified atom stereocenters. The first-order chi connectivity index (χ1) is 13.9. The third-order valence-electron chi connectivity index (χ3n) is 6.13. The minimum Gasteiger partial charge on any atom is -0.377 e. The number of morpholine rings is 1. The molecule has 2 aliphatic rings. The number of benzene rings is 1. The molecule has 152 valence electrons. The molecule has 2 N–H and O–H groups in total. The highest BCUT2D eigenvalue weighted by molar-refractivity contribution is 7.92. The summed E-state index contributed by atoms with van der Waals surface area (Å²) in [5.41, 5.74) is 2.70. The van der Waals surface area contributed by atoms with E-state index in [1.165, 1.54) is 6.26 Å². The number of nitrogens with one attached hydrogen (secondary N) is 2. The summed E-state index contributed by atoms with van der Waals surface area (Å²) in [6.45, 7) is 4.17. The van der Waals surface area contributed by atoms with E-state index in [0.717, 1.165) is 47.4 Å². The monoisotopic (exact) mass is 411 g/mol. The van der Waals surface area contributed by atoms with Crippen LogP contribution >= 0.6 is 0 Å². The summed E-state index contributed by atoms with van der Waals surface area (Å²) in [5.74, 6) is 1.44. The van der Waals surface area contributed by atoms with E-state index < -0.39 is 14.5 Å². The fourth-order valence-corrected chi connectivity index (χ4v) is 5.63. The van der Waals surface area contributed by atoms with Crippen LogP contribution < -0.4 is 4.90 Å². The topological polar surface area (TPSA) is 95.0 Å². The predicted octanol–water partition coefficient (Wildman–Crippen LogP) is 3.52. The number of ether oxygens (including phenoxy) is 1. The van der Waals surface area contributed by atoms with Crippen molar-refractivity contribution >= 4 is 26.4 Å². The van der Waals surface area contributed by atoms with Crippen molar-refractivity contribution < 1.29 is 8.95 Å². The predicted molar refractivity (Wildman–Crippen MR) is 115 cm³/mol. The Hall–Kier alpha value is -2.45. The second kappa shape index (κ2) is 6.53. The lowest BCUT2D eigenvalue weighted by Gasteiger charge is -2.35. The first-order valence-electron chi connectivity index (χ1n) is 9.93. The summed E-state index contributed by atoms with van der Waals surface area (Å²) < 4.78 is 26.0. The van der Waals surface area contributed by atoms with Crippen molar-refractivity contribution in [1.82, 2.24) is 15.0 Å². The normalized spacial score (nSPS) is 23.1. The van der Waals surface area contributed by atoms with E-state index in [-0.39, 0.29) is 6.04 Å². The Morgan fingerprint density at radius 2 is 2.14 bits per heavy atom. The molecule has 5 rings (SSSR count). The minimum absolute atomic E-state index is 0.194. The van der Waals surface area contributed by atoms with Crippen molar-refractivity contribution in [3.63, 3.8) is 0 Å². The minimum atomic E-state index is -2.78. The zero-order chi connectivity index (χ0) is 20.2. The van der Waals surface area contributed by atoms with Gasteiger partial charge in [0.2, 0.25) is 0 Å². The van der Waals surface area contributed by atoms with Gasteiger partial charge >= 0.3 is 0 Å². The molecular weight excluding hydrogens is 386 g/mol. The van der Waals surface area contributed by atoms with E-state index >= 15 is 0 Å². The van der Waals surface area contributed by atoms with Crippen LogP contribution in [0.2, 0.25) is 0 Å². The molecule has 0 spiro atoms. The zero-order valence-electron chi connectivity index (χ0n) is 16.6. The van der Waals surface area contributed by atoms with Crippen LogP contribution in [0.4, 0.5) is 5.82 Å². The third kappa shape index (κ3) is 3.02. The molecule has 29 heavy (non-hydrogen) atoms. The maximum atomic E-state index is 12.8. The molecule has 0 amide bonds. The van der Waals surface area contributed by atoms with E-state index in [4.69, 9.17) is 19.5 Å². The van der Waals surface area contributed by atoms with E-state index in [1.54, 1.807) is 0 Å². The maximum Gasteiger partial charge on any atom is 0.162 e. The van der Waals surface area contributed by atoms with Crippen LogP contribution in [0.25, 0.3) is 22.3 Å². The molecule has 1 aliphatic carbocycles. The number of H-pyrrole nitrogens is 1. The summed E-state index contributed by atoms with van der Waals surface area (Å²) in [4.78, 5) is 15.3. The van der Waals surface area contributed by atoms with Crippen molar-refractivity contribution in [2.75, 3.05) is 30.9 Å². The van der Waals surface area contributed by atoms with Gasteiger partial charge in [-0.1, -0.05) is 12.1 Å². The maximum absolute atomic E-state index is 12.8. The van der Waals surface area contributed by atoms with Gasteiger partial charge in [0, 0.05) is 41.5 Å². The largest absolute Gasteiger partial charge is 0.377 e. The molecule has 0 bridgehead atoms. The molecule has 1 aromatic carbocycles. The van der Waals surface area contributed by atoms with Crippen LogP contribution in [0, 0.1) is 4.78 Å². The van der Waals surface area contributed by atoms with Crippen LogP contribution in [-0.2, 0) is 19.2 Å². The number of aromatic nitrogens is 3. The second-order valence-electron chi connectivity index (χ2n) is 8.13. The van der Waals surface area contributed by atoms with Gasteiger partial charge in [0.15, 0.2) is 5.82 Å². The number of nitrogens with zero attached hydrogens (tertiary/aromatic N) is 3. The Balaban J connectivity index is 1.72.